The van der Waals surface area contributed by atoms with Crippen molar-refractivity contribution in [3.05, 3.63) is 57.8 Å². The van der Waals surface area contributed by atoms with E-state index >= 15 is 0 Å². The van der Waals surface area contributed by atoms with Crippen LogP contribution in [0.25, 0.3) is 0 Å². The maximum Gasteiger partial charge on any atom is 0.262 e. The van der Waals surface area contributed by atoms with Crippen molar-refractivity contribution in [1.82, 2.24) is 0 Å². The van der Waals surface area contributed by atoms with E-state index in [1.807, 2.05) is 12.1 Å². The van der Waals surface area contributed by atoms with Crippen molar-refractivity contribution >= 4 is 33.2 Å². The van der Waals surface area contributed by atoms with Crippen molar-refractivity contribution in [1.29, 1.82) is 0 Å². The van der Waals surface area contributed by atoms with E-state index in [9.17, 15) is 9.18 Å². The molecule has 0 saturated carbocycles. The average Bonchev–Trinajstić information content (AvgIpc) is 2.83. The van der Waals surface area contributed by atoms with Crippen molar-refractivity contribution < 1.29 is 9.18 Å². The number of amides is 1. The van der Waals surface area contributed by atoms with Gasteiger partial charge in [0.15, 0.2) is 0 Å². The summed E-state index contributed by atoms with van der Waals surface area (Å²) < 4.78 is 14.4. The Kier molecular flexibility index (Phi) is 3.22. The van der Waals surface area contributed by atoms with Crippen LogP contribution in [0.5, 0.6) is 0 Å². The van der Waals surface area contributed by atoms with Gasteiger partial charge in [-0.25, -0.2) is 4.39 Å². The number of nitrogens with two attached hydrogens (primary N) is 1. The molecule has 0 atom stereocenters. The minimum atomic E-state index is -0.535. The number of carbonyl (C=O) groups is 1. The van der Waals surface area contributed by atoms with Crippen LogP contribution in [-0.2, 0) is 6.42 Å². The Morgan fingerprint density at radius 1 is 1.25 bits per heavy atom. The minimum Gasteiger partial charge on any atom is -0.397 e. The van der Waals surface area contributed by atoms with Crippen LogP contribution in [0.2, 0.25) is 0 Å². The second kappa shape index (κ2) is 4.90. The van der Waals surface area contributed by atoms with Gasteiger partial charge in [0.05, 0.1) is 16.9 Å². The fourth-order valence-electron chi connectivity index (χ4n) is 2.53. The molecule has 0 fully saturated rings. The molecule has 0 aromatic heterocycles. The summed E-state index contributed by atoms with van der Waals surface area (Å²) in [6, 6.07) is 10.0. The molecule has 1 aliphatic heterocycles. The SMILES string of the molecule is Nc1cccc2c1N(C(=O)c1c(F)cccc1Br)CC2. The summed E-state index contributed by atoms with van der Waals surface area (Å²) >= 11 is 3.23. The fourth-order valence-corrected chi connectivity index (χ4v) is 3.04. The fraction of sp³-hybridized carbons (Fsp3) is 0.133. The number of anilines is 2. The summed E-state index contributed by atoms with van der Waals surface area (Å²) in [6.07, 6.45) is 0.734. The highest BCUT2D eigenvalue weighted by atomic mass is 79.9. The van der Waals surface area contributed by atoms with Gasteiger partial charge in [0.1, 0.15) is 5.82 Å². The zero-order valence-corrected chi connectivity index (χ0v) is 12.2. The third-order valence-corrected chi connectivity index (χ3v) is 4.11. The van der Waals surface area contributed by atoms with Crippen LogP contribution in [0.15, 0.2) is 40.9 Å². The molecule has 3 rings (SSSR count). The third-order valence-electron chi connectivity index (χ3n) is 3.45. The van der Waals surface area contributed by atoms with Crippen LogP contribution in [0.4, 0.5) is 15.8 Å². The number of benzene rings is 2. The summed E-state index contributed by atoms with van der Waals surface area (Å²) in [5.74, 6) is -0.904. The van der Waals surface area contributed by atoms with Gasteiger partial charge in [0.2, 0.25) is 0 Å². The lowest BCUT2D eigenvalue weighted by molar-refractivity contribution is 0.0985. The lowest BCUT2D eigenvalue weighted by atomic mass is 10.1. The molecule has 1 amide bonds. The van der Waals surface area contributed by atoms with E-state index in [0.717, 1.165) is 12.0 Å². The number of para-hydroxylation sites is 1. The topological polar surface area (TPSA) is 46.3 Å². The van der Waals surface area contributed by atoms with Gasteiger partial charge in [-0.1, -0.05) is 18.2 Å². The van der Waals surface area contributed by atoms with E-state index in [1.54, 1.807) is 23.1 Å². The van der Waals surface area contributed by atoms with Crippen LogP contribution in [-0.4, -0.2) is 12.5 Å². The van der Waals surface area contributed by atoms with Crippen molar-refractivity contribution in [3.8, 4) is 0 Å². The molecule has 0 aliphatic carbocycles. The summed E-state index contributed by atoms with van der Waals surface area (Å²) in [5.41, 5.74) is 8.26. The first-order valence-electron chi connectivity index (χ1n) is 6.23. The maximum absolute atomic E-state index is 13.9. The lowest BCUT2D eigenvalue weighted by Gasteiger charge is -2.20. The highest BCUT2D eigenvalue weighted by molar-refractivity contribution is 9.10. The molecule has 5 heteroatoms. The highest BCUT2D eigenvalue weighted by Crippen LogP contribution is 2.35. The summed E-state index contributed by atoms with van der Waals surface area (Å²) in [7, 11) is 0. The van der Waals surface area contributed by atoms with Crippen LogP contribution in [0.1, 0.15) is 15.9 Å². The summed E-state index contributed by atoms with van der Waals surface area (Å²) in [6.45, 7) is 0.517. The van der Waals surface area contributed by atoms with Gasteiger partial charge in [0, 0.05) is 11.0 Å². The maximum atomic E-state index is 13.9. The van der Waals surface area contributed by atoms with Gasteiger partial charge >= 0.3 is 0 Å². The third kappa shape index (κ3) is 1.98. The molecule has 1 heterocycles. The zero-order valence-electron chi connectivity index (χ0n) is 10.6. The molecule has 0 radical (unpaired) electrons. The van der Waals surface area contributed by atoms with Crippen LogP contribution >= 0.6 is 15.9 Å². The summed E-state index contributed by atoms with van der Waals surface area (Å²) in [4.78, 5) is 14.2. The number of halogens is 2. The van der Waals surface area contributed by atoms with Gasteiger partial charge < -0.3 is 10.6 Å². The first-order valence-corrected chi connectivity index (χ1v) is 7.02. The van der Waals surface area contributed by atoms with Crippen LogP contribution in [0, 0.1) is 5.82 Å². The quantitative estimate of drug-likeness (QED) is 0.812. The van der Waals surface area contributed by atoms with E-state index in [-0.39, 0.29) is 11.5 Å². The normalized spacial score (nSPS) is 13.4. The predicted molar refractivity (Wildman–Crippen MR) is 80.3 cm³/mol. The van der Waals surface area contributed by atoms with Crippen molar-refractivity contribution in [2.24, 2.45) is 0 Å². The molecule has 2 aromatic carbocycles. The molecular formula is C15H12BrFN2O. The van der Waals surface area contributed by atoms with Gasteiger partial charge in [-0.2, -0.15) is 0 Å². The Morgan fingerprint density at radius 2 is 2.00 bits per heavy atom. The van der Waals surface area contributed by atoms with Crippen LogP contribution in [0.3, 0.4) is 0 Å². The number of hydrogen-bond acceptors (Lipinski definition) is 2. The molecule has 0 spiro atoms. The molecule has 0 saturated heterocycles. The number of rotatable bonds is 1. The van der Waals surface area contributed by atoms with E-state index in [1.165, 1.54) is 6.07 Å². The molecule has 102 valence electrons. The molecular weight excluding hydrogens is 323 g/mol. The lowest BCUT2D eigenvalue weighted by Crippen LogP contribution is -2.30. The minimum absolute atomic E-state index is 0.0450. The first-order chi connectivity index (χ1) is 9.59. The standard InChI is InChI=1S/C15H12BrFN2O/c16-10-4-2-5-11(17)13(10)15(20)19-8-7-9-3-1-6-12(18)14(9)19/h1-6H,7-8,18H2. The second-order valence-electron chi connectivity index (χ2n) is 4.66. The smallest absolute Gasteiger partial charge is 0.262 e. The highest BCUT2D eigenvalue weighted by Gasteiger charge is 2.29. The van der Waals surface area contributed by atoms with Crippen LogP contribution < -0.4 is 10.6 Å². The molecule has 0 unspecified atom stereocenters. The first kappa shape index (κ1) is 13.1. The summed E-state index contributed by atoms with van der Waals surface area (Å²) in [5, 5.41) is 0. The van der Waals surface area contributed by atoms with Gasteiger partial charge in [-0.3, -0.25) is 4.79 Å². The number of nitrogens with zero attached hydrogens (tertiary/aromatic N) is 1. The van der Waals surface area contributed by atoms with E-state index in [2.05, 4.69) is 15.9 Å². The number of carbonyl (C=O) groups excluding carboxylic acids is 1. The average molecular weight is 335 g/mol. The number of nitrogen functional groups attached to an aromatic ring is 1. The van der Waals surface area contributed by atoms with E-state index in [0.29, 0.717) is 22.4 Å². The molecule has 20 heavy (non-hydrogen) atoms. The molecule has 1 aliphatic rings. The Labute approximate surface area is 124 Å². The molecule has 0 bridgehead atoms. The second-order valence-corrected chi connectivity index (χ2v) is 5.51. The Balaban J connectivity index is 2.07. The van der Waals surface area contributed by atoms with Crippen molar-refractivity contribution in [3.63, 3.8) is 0 Å². The van der Waals surface area contributed by atoms with Crippen molar-refractivity contribution in [2.45, 2.75) is 6.42 Å². The van der Waals surface area contributed by atoms with Crippen molar-refractivity contribution in [2.75, 3.05) is 17.2 Å². The Bertz CT molecular complexity index is 682. The van der Waals surface area contributed by atoms with Gasteiger partial charge in [-0.05, 0) is 46.1 Å². The van der Waals surface area contributed by atoms with E-state index in [4.69, 9.17) is 5.73 Å². The monoisotopic (exact) mass is 334 g/mol. The zero-order chi connectivity index (χ0) is 14.3. The van der Waals surface area contributed by atoms with E-state index < -0.39 is 5.82 Å². The number of hydrogen-bond donors (Lipinski definition) is 1. The predicted octanol–water partition coefficient (Wildman–Crippen LogP) is 3.37. The van der Waals surface area contributed by atoms with Gasteiger partial charge in [0.25, 0.3) is 5.91 Å². The Hall–Kier alpha value is -1.88. The number of fused-ring (bicyclic) bond motifs is 1. The van der Waals surface area contributed by atoms with Gasteiger partial charge in [-0.15, -0.1) is 0 Å². The molecule has 2 N–H and O–H groups in total. The molecule has 3 nitrogen and oxygen atoms in total. The Morgan fingerprint density at radius 3 is 2.75 bits per heavy atom. The largest absolute Gasteiger partial charge is 0.397 e. The molecule has 2 aromatic rings.